The molecule has 0 spiro atoms. The van der Waals surface area contributed by atoms with Gasteiger partial charge in [-0.05, 0) is 30.7 Å². The van der Waals surface area contributed by atoms with E-state index in [1.54, 1.807) is 43.7 Å². The molecule has 3 aromatic rings. The number of hydrogen-bond donors (Lipinski definition) is 2. The van der Waals surface area contributed by atoms with E-state index in [0.717, 1.165) is 6.26 Å². The molecule has 0 saturated carbocycles. The quantitative estimate of drug-likeness (QED) is 0.537. The van der Waals surface area contributed by atoms with Crippen molar-refractivity contribution < 1.29 is 22.3 Å². The van der Waals surface area contributed by atoms with Crippen LogP contribution >= 0.6 is 0 Å². The molecule has 0 radical (unpaired) electrons. The maximum absolute atomic E-state index is 14.5. The lowest BCUT2D eigenvalue weighted by molar-refractivity contribution is -0.117. The van der Waals surface area contributed by atoms with Crippen LogP contribution in [-0.2, 0) is 21.4 Å². The Morgan fingerprint density at radius 2 is 2.00 bits per heavy atom. The molecule has 0 aliphatic carbocycles. The van der Waals surface area contributed by atoms with Gasteiger partial charge in [0.05, 0.1) is 25.0 Å². The molecule has 1 unspecified atom stereocenters. The van der Waals surface area contributed by atoms with E-state index in [-0.39, 0.29) is 18.0 Å². The number of anilines is 1. The summed E-state index contributed by atoms with van der Waals surface area (Å²) in [5.74, 6) is -1.27. The molecule has 3 rings (SSSR count). The van der Waals surface area contributed by atoms with Crippen molar-refractivity contribution >= 4 is 21.6 Å². The second kappa shape index (κ2) is 9.84. The van der Waals surface area contributed by atoms with E-state index in [2.05, 4.69) is 20.0 Å². The first-order valence-corrected chi connectivity index (χ1v) is 11.6. The average Bonchev–Trinajstić information content (AvgIpc) is 2.77. The number of hydrogen-bond acceptors (Lipinski definition) is 6. The summed E-state index contributed by atoms with van der Waals surface area (Å²) in [6.45, 7) is 1.47. The van der Waals surface area contributed by atoms with E-state index < -0.39 is 21.8 Å². The van der Waals surface area contributed by atoms with Crippen LogP contribution in [0.1, 0.15) is 24.0 Å². The van der Waals surface area contributed by atoms with E-state index in [1.165, 1.54) is 19.2 Å². The molecule has 168 valence electrons. The number of ether oxygens (including phenoxy) is 1. The zero-order valence-corrected chi connectivity index (χ0v) is 18.6. The van der Waals surface area contributed by atoms with Gasteiger partial charge in [0.15, 0.2) is 0 Å². The van der Waals surface area contributed by atoms with E-state index in [1.807, 2.05) is 6.07 Å². The molecule has 0 saturated heterocycles. The predicted octanol–water partition coefficient (Wildman–Crippen LogP) is 3.08. The zero-order valence-electron chi connectivity index (χ0n) is 17.8. The average molecular weight is 459 g/mol. The smallest absolute Gasteiger partial charge is 0.231 e. The van der Waals surface area contributed by atoms with Crippen LogP contribution in [0.15, 0.2) is 55.0 Å². The van der Waals surface area contributed by atoms with Gasteiger partial charge in [-0.3, -0.25) is 14.8 Å². The fourth-order valence-electron chi connectivity index (χ4n) is 3.02. The number of nitrogens with zero attached hydrogens (tertiary/aromatic N) is 2. The Kier molecular flexibility index (Phi) is 7.16. The van der Waals surface area contributed by atoms with Gasteiger partial charge in [0.25, 0.3) is 0 Å². The molecular weight excluding hydrogens is 435 g/mol. The molecule has 8 nitrogen and oxygen atoms in total. The number of nitrogens with one attached hydrogen (secondary N) is 2. The second-order valence-electron chi connectivity index (χ2n) is 7.13. The molecule has 2 heterocycles. The zero-order chi connectivity index (χ0) is 23.3. The number of halogens is 1. The minimum Gasteiger partial charge on any atom is -0.494 e. The van der Waals surface area contributed by atoms with Crippen molar-refractivity contribution in [1.29, 1.82) is 0 Å². The van der Waals surface area contributed by atoms with E-state index >= 15 is 0 Å². The summed E-state index contributed by atoms with van der Waals surface area (Å²) in [6, 6.07) is 9.48. The lowest BCUT2D eigenvalue weighted by Crippen LogP contribution is -2.22. The second-order valence-corrected chi connectivity index (χ2v) is 8.97. The molecule has 0 aliphatic heterocycles. The number of rotatable bonds is 8. The highest BCUT2D eigenvalue weighted by molar-refractivity contribution is 7.88. The predicted molar refractivity (Wildman–Crippen MR) is 119 cm³/mol. The van der Waals surface area contributed by atoms with Crippen LogP contribution in [0, 0.1) is 5.82 Å². The summed E-state index contributed by atoms with van der Waals surface area (Å²) in [5, 5.41) is 2.84. The lowest BCUT2D eigenvalue weighted by atomic mass is 9.98. The summed E-state index contributed by atoms with van der Waals surface area (Å²) in [6.07, 6.45) is 5.82. The monoisotopic (exact) mass is 458 g/mol. The first kappa shape index (κ1) is 23.3. The number of benzene rings is 1. The Hall–Kier alpha value is -3.37. The largest absolute Gasteiger partial charge is 0.494 e. The Morgan fingerprint density at radius 1 is 1.22 bits per heavy atom. The van der Waals surface area contributed by atoms with Crippen LogP contribution in [-0.4, -0.2) is 37.7 Å². The fourth-order valence-corrected chi connectivity index (χ4v) is 3.44. The van der Waals surface area contributed by atoms with Crippen molar-refractivity contribution in [2.45, 2.75) is 19.4 Å². The number of pyridine rings is 2. The summed E-state index contributed by atoms with van der Waals surface area (Å²) in [4.78, 5) is 21.4. The number of carbonyl (C=O) groups excluding carboxylic acids is 1. The van der Waals surface area contributed by atoms with E-state index in [9.17, 15) is 17.6 Å². The Morgan fingerprint density at radius 3 is 2.62 bits per heavy atom. The van der Waals surface area contributed by atoms with Gasteiger partial charge in [-0.25, -0.2) is 17.5 Å². The lowest BCUT2D eigenvalue weighted by Gasteiger charge is -2.17. The van der Waals surface area contributed by atoms with Crippen molar-refractivity contribution in [3.63, 3.8) is 0 Å². The van der Waals surface area contributed by atoms with Gasteiger partial charge in [0.1, 0.15) is 17.3 Å². The molecule has 10 heteroatoms. The molecule has 1 aromatic carbocycles. The molecule has 0 aliphatic rings. The maximum atomic E-state index is 14.5. The Labute approximate surface area is 185 Å². The van der Waals surface area contributed by atoms with Crippen molar-refractivity contribution in [2.24, 2.45) is 0 Å². The summed E-state index contributed by atoms with van der Waals surface area (Å²) < 4.78 is 44.6. The molecule has 2 N–H and O–H groups in total. The van der Waals surface area contributed by atoms with Gasteiger partial charge in [-0.1, -0.05) is 12.1 Å². The molecule has 1 amide bonds. The highest BCUT2D eigenvalue weighted by Gasteiger charge is 2.21. The van der Waals surface area contributed by atoms with Gasteiger partial charge in [-0.15, -0.1) is 0 Å². The van der Waals surface area contributed by atoms with Crippen LogP contribution in [0.2, 0.25) is 0 Å². The summed E-state index contributed by atoms with van der Waals surface area (Å²) in [5.41, 5.74) is 2.19. The third-order valence-electron chi connectivity index (χ3n) is 4.81. The normalized spacial score (nSPS) is 12.2. The van der Waals surface area contributed by atoms with E-state index in [4.69, 9.17) is 4.74 Å². The SMILES string of the molecule is COc1ccnc(-c2cccnc2)c1NC(=O)C(C)c1ccc(CNS(C)(=O)=O)c(F)c1. The molecule has 1 atom stereocenters. The number of amides is 1. The molecule has 32 heavy (non-hydrogen) atoms. The molecule has 0 bridgehead atoms. The van der Waals surface area contributed by atoms with Gasteiger partial charge in [0.2, 0.25) is 15.9 Å². The van der Waals surface area contributed by atoms with Crippen LogP contribution in [0.5, 0.6) is 5.75 Å². The number of carbonyl (C=O) groups is 1. The van der Waals surface area contributed by atoms with Crippen molar-refractivity contribution in [2.75, 3.05) is 18.7 Å². The number of sulfonamides is 1. The van der Waals surface area contributed by atoms with Gasteiger partial charge >= 0.3 is 0 Å². The standard InChI is InChI=1S/C22H23FN4O4S/c1-14(15-6-7-16(18(23)11-15)13-26-32(3,29)30)22(28)27-21-19(31-2)8-10-25-20(21)17-5-4-9-24-12-17/h4-12,14,26H,13H2,1-3H3,(H,27,28). The molecule has 2 aromatic heterocycles. The molecule has 0 fully saturated rings. The van der Waals surface area contributed by atoms with Crippen molar-refractivity contribution in [3.05, 3.63) is 71.9 Å². The third kappa shape index (κ3) is 5.65. The van der Waals surface area contributed by atoms with Crippen LogP contribution in [0.3, 0.4) is 0 Å². The first-order valence-electron chi connectivity index (χ1n) is 9.67. The van der Waals surface area contributed by atoms with Gasteiger partial charge < -0.3 is 10.1 Å². The van der Waals surface area contributed by atoms with Crippen LogP contribution < -0.4 is 14.8 Å². The first-order chi connectivity index (χ1) is 15.2. The van der Waals surface area contributed by atoms with Gasteiger partial charge in [-0.2, -0.15) is 0 Å². The van der Waals surface area contributed by atoms with Crippen LogP contribution in [0.25, 0.3) is 11.3 Å². The fraction of sp³-hybridized carbons (Fsp3) is 0.227. The molecular formula is C22H23FN4O4S. The maximum Gasteiger partial charge on any atom is 0.231 e. The van der Waals surface area contributed by atoms with Crippen molar-refractivity contribution in [3.8, 4) is 17.0 Å². The topological polar surface area (TPSA) is 110 Å². The summed E-state index contributed by atoms with van der Waals surface area (Å²) in [7, 11) is -1.96. The minimum absolute atomic E-state index is 0.174. The van der Waals surface area contributed by atoms with Crippen molar-refractivity contribution in [1.82, 2.24) is 14.7 Å². The Balaban J connectivity index is 1.84. The summed E-state index contributed by atoms with van der Waals surface area (Å²) >= 11 is 0. The highest BCUT2D eigenvalue weighted by atomic mass is 32.2. The number of aromatic nitrogens is 2. The minimum atomic E-state index is -3.45. The number of methoxy groups -OCH3 is 1. The third-order valence-corrected chi connectivity index (χ3v) is 5.48. The van der Waals surface area contributed by atoms with E-state index in [0.29, 0.717) is 28.3 Å². The highest BCUT2D eigenvalue weighted by Crippen LogP contribution is 2.34. The van der Waals surface area contributed by atoms with Gasteiger partial charge in [0, 0.05) is 42.3 Å². The Bertz CT molecular complexity index is 1220. The van der Waals surface area contributed by atoms with Crippen LogP contribution in [0.4, 0.5) is 10.1 Å².